The maximum atomic E-state index is 9.00. The van der Waals surface area contributed by atoms with Gasteiger partial charge in [-0.1, -0.05) is 6.07 Å². The number of nitrogens with zero attached hydrogens (tertiary/aromatic N) is 1. The molecule has 56 valence electrons. The van der Waals surface area contributed by atoms with Crippen LogP contribution in [-0.2, 0) is 0 Å². The maximum Gasteiger partial charge on any atom is 0.292 e. The second-order valence-corrected chi connectivity index (χ2v) is 1.82. The Morgan fingerprint density at radius 1 is 1.36 bits per heavy atom. The minimum atomic E-state index is -0.422. The van der Waals surface area contributed by atoms with E-state index in [1.54, 1.807) is 0 Å². The predicted molar refractivity (Wildman–Crippen MR) is 36.0 cm³/mol. The van der Waals surface area contributed by atoms with E-state index in [1.165, 1.54) is 24.5 Å². The lowest BCUT2D eigenvalue weighted by molar-refractivity contribution is 0.377. The minimum Gasteiger partial charge on any atom is -0.504 e. The van der Waals surface area contributed by atoms with Gasteiger partial charge in [0.05, 0.1) is 0 Å². The van der Waals surface area contributed by atoms with E-state index >= 15 is 0 Å². The summed E-state index contributed by atoms with van der Waals surface area (Å²) in [6, 6.07) is 4.12. The Hall–Kier alpha value is -1.89. The van der Waals surface area contributed by atoms with Crippen molar-refractivity contribution in [2.75, 3.05) is 0 Å². The fraction of sp³-hybridized carbons (Fsp3) is 0. The molecule has 0 saturated carbocycles. The molecule has 0 radical (unpaired) electrons. The van der Waals surface area contributed by atoms with Crippen LogP contribution in [0.3, 0.4) is 0 Å². The van der Waals surface area contributed by atoms with Crippen molar-refractivity contribution < 1.29 is 14.9 Å². The quantitative estimate of drug-likeness (QED) is 0.463. The van der Waals surface area contributed by atoms with Gasteiger partial charge in [-0.15, -0.1) is 5.26 Å². The van der Waals surface area contributed by atoms with Crippen molar-refractivity contribution in [2.45, 2.75) is 0 Å². The third kappa shape index (κ3) is 1.33. The van der Waals surface area contributed by atoms with Crippen LogP contribution >= 0.6 is 0 Å². The molecule has 0 aliphatic heterocycles. The summed E-state index contributed by atoms with van der Waals surface area (Å²) in [6.45, 7) is 0. The highest BCUT2D eigenvalue weighted by molar-refractivity contribution is 5.49. The largest absolute Gasteiger partial charge is 0.504 e. The van der Waals surface area contributed by atoms with Crippen LogP contribution in [0, 0.1) is 11.5 Å². The third-order valence-corrected chi connectivity index (χ3v) is 1.13. The topological polar surface area (TPSA) is 73.5 Å². The number of benzene rings is 1. The maximum absolute atomic E-state index is 9.00. The second kappa shape index (κ2) is 2.80. The van der Waals surface area contributed by atoms with Gasteiger partial charge < -0.3 is 14.9 Å². The molecular weight excluding hydrogens is 146 g/mol. The molecule has 0 spiro atoms. The van der Waals surface area contributed by atoms with Crippen LogP contribution in [0.15, 0.2) is 18.2 Å². The van der Waals surface area contributed by atoms with Crippen LogP contribution in [0.5, 0.6) is 17.2 Å². The molecule has 0 aromatic heterocycles. The Morgan fingerprint density at radius 2 is 2.09 bits per heavy atom. The van der Waals surface area contributed by atoms with Crippen LogP contribution in [0.25, 0.3) is 0 Å². The van der Waals surface area contributed by atoms with E-state index in [1.807, 2.05) is 0 Å². The van der Waals surface area contributed by atoms with Crippen molar-refractivity contribution in [3.8, 4) is 23.5 Å². The van der Waals surface area contributed by atoms with Gasteiger partial charge in [0.1, 0.15) is 0 Å². The SMILES string of the molecule is N#COc1cccc(O)c1O. The smallest absolute Gasteiger partial charge is 0.292 e. The van der Waals surface area contributed by atoms with Gasteiger partial charge in [0.2, 0.25) is 5.75 Å². The highest BCUT2D eigenvalue weighted by Gasteiger charge is 2.05. The van der Waals surface area contributed by atoms with E-state index in [0.29, 0.717) is 0 Å². The fourth-order valence-corrected chi connectivity index (χ4v) is 0.642. The van der Waals surface area contributed by atoms with E-state index in [4.69, 9.17) is 15.5 Å². The van der Waals surface area contributed by atoms with Crippen LogP contribution < -0.4 is 4.74 Å². The van der Waals surface area contributed by atoms with Gasteiger partial charge in [-0.3, -0.25) is 0 Å². The first-order chi connectivity index (χ1) is 5.25. The van der Waals surface area contributed by atoms with E-state index < -0.39 is 5.75 Å². The molecule has 1 rings (SSSR count). The van der Waals surface area contributed by atoms with Gasteiger partial charge in [0.15, 0.2) is 11.5 Å². The lowest BCUT2D eigenvalue weighted by atomic mass is 10.3. The van der Waals surface area contributed by atoms with Crippen molar-refractivity contribution in [2.24, 2.45) is 0 Å². The van der Waals surface area contributed by atoms with Crippen molar-refractivity contribution in [3.05, 3.63) is 18.2 Å². The zero-order valence-electron chi connectivity index (χ0n) is 5.48. The lowest BCUT2D eigenvalue weighted by Crippen LogP contribution is -1.81. The molecule has 11 heavy (non-hydrogen) atoms. The Bertz CT molecular complexity index is 303. The summed E-state index contributed by atoms with van der Waals surface area (Å²) in [5, 5.41) is 26.0. The van der Waals surface area contributed by atoms with Gasteiger partial charge in [-0.2, -0.15) is 0 Å². The Balaban J connectivity index is 3.08. The molecule has 0 bridgehead atoms. The van der Waals surface area contributed by atoms with Crippen molar-refractivity contribution in [3.63, 3.8) is 0 Å². The predicted octanol–water partition coefficient (Wildman–Crippen LogP) is 0.958. The average molecular weight is 151 g/mol. The van der Waals surface area contributed by atoms with Crippen LogP contribution in [0.1, 0.15) is 0 Å². The first kappa shape index (κ1) is 7.22. The molecule has 1 aromatic carbocycles. The molecular formula is C7H5NO3. The van der Waals surface area contributed by atoms with E-state index in [-0.39, 0.29) is 11.5 Å². The molecule has 0 aliphatic rings. The number of hydrogen-bond donors (Lipinski definition) is 2. The van der Waals surface area contributed by atoms with E-state index in [9.17, 15) is 0 Å². The summed E-state index contributed by atoms with van der Waals surface area (Å²) >= 11 is 0. The number of ether oxygens (including phenoxy) is 1. The van der Waals surface area contributed by atoms with Gasteiger partial charge in [-0.05, 0) is 12.1 Å². The van der Waals surface area contributed by atoms with Gasteiger partial charge >= 0.3 is 0 Å². The molecule has 0 amide bonds. The molecule has 0 fully saturated rings. The van der Waals surface area contributed by atoms with E-state index in [2.05, 4.69) is 4.74 Å². The van der Waals surface area contributed by atoms with Crippen LogP contribution in [0.4, 0.5) is 0 Å². The number of para-hydroxylation sites is 1. The summed E-state index contributed by atoms with van der Waals surface area (Å²) in [4.78, 5) is 0. The first-order valence-electron chi connectivity index (χ1n) is 2.82. The van der Waals surface area contributed by atoms with Crippen molar-refractivity contribution >= 4 is 0 Å². The van der Waals surface area contributed by atoms with Crippen molar-refractivity contribution in [1.82, 2.24) is 0 Å². The highest BCUT2D eigenvalue weighted by atomic mass is 16.5. The number of aromatic hydroxyl groups is 2. The summed E-state index contributed by atoms with van der Waals surface area (Å²) in [5.41, 5.74) is 0. The van der Waals surface area contributed by atoms with Crippen molar-refractivity contribution in [1.29, 1.82) is 5.26 Å². The normalized spacial score (nSPS) is 8.64. The molecule has 4 nitrogen and oxygen atoms in total. The summed E-state index contributed by atoms with van der Waals surface area (Å²) in [6.07, 6.45) is 1.38. The molecule has 0 saturated heterocycles. The summed E-state index contributed by atoms with van der Waals surface area (Å²) in [7, 11) is 0. The zero-order chi connectivity index (χ0) is 8.27. The highest BCUT2D eigenvalue weighted by Crippen LogP contribution is 2.34. The molecule has 1 aromatic rings. The second-order valence-electron chi connectivity index (χ2n) is 1.82. The molecule has 2 N–H and O–H groups in total. The third-order valence-electron chi connectivity index (χ3n) is 1.13. The van der Waals surface area contributed by atoms with Crippen LogP contribution in [0.2, 0.25) is 0 Å². The standard InChI is InChI=1S/C7H5NO3/c8-4-11-6-3-1-2-5(9)7(6)10/h1-3,9-10H. The Kier molecular flexibility index (Phi) is 1.83. The number of rotatable bonds is 1. The Labute approximate surface area is 62.9 Å². The molecule has 0 aliphatic carbocycles. The average Bonchev–Trinajstić information content (AvgIpc) is 1.99. The monoisotopic (exact) mass is 151 g/mol. The van der Waals surface area contributed by atoms with Gasteiger partial charge in [0.25, 0.3) is 6.26 Å². The van der Waals surface area contributed by atoms with Crippen LogP contribution in [-0.4, -0.2) is 10.2 Å². The first-order valence-corrected chi connectivity index (χ1v) is 2.82. The fourth-order valence-electron chi connectivity index (χ4n) is 0.642. The number of hydrogen-bond acceptors (Lipinski definition) is 4. The number of nitriles is 1. The number of phenolic OH excluding ortho intramolecular Hbond substituents is 2. The van der Waals surface area contributed by atoms with Gasteiger partial charge in [-0.25, -0.2) is 0 Å². The zero-order valence-corrected chi connectivity index (χ0v) is 5.48. The van der Waals surface area contributed by atoms with E-state index in [0.717, 1.165) is 0 Å². The molecule has 0 unspecified atom stereocenters. The molecule has 0 heterocycles. The molecule has 0 atom stereocenters. The molecule has 4 heteroatoms. The van der Waals surface area contributed by atoms with Gasteiger partial charge in [0, 0.05) is 0 Å². The minimum absolute atomic E-state index is 0.0486. The summed E-state index contributed by atoms with van der Waals surface area (Å²) in [5.74, 6) is -0.778. The Morgan fingerprint density at radius 3 is 2.73 bits per heavy atom. The number of phenols is 2. The summed E-state index contributed by atoms with van der Waals surface area (Å²) < 4.78 is 4.31. The lowest BCUT2D eigenvalue weighted by Gasteiger charge is -1.99.